The van der Waals surface area contributed by atoms with Crippen LogP contribution in [0.1, 0.15) is 26.3 Å². The van der Waals surface area contributed by atoms with Crippen LogP contribution in [0.5, 0.6) is 0 Å². The van der Waals surface area contributed by atoms with Gasteiger partial charge in [-0.2, -0.15) is 4.74 Å². The predicted molar refractivity (Wildman–Crippen MR) is 92.3 cm³/mol. The first-order chi connectivity index (χ1) is 10.1. The van der Waals surface area contributed by atoms with Gasteiger partial charge in [0, 0.05) is 31.7 Å². The summed E-state index contributed by atoms with van der Waals surface area (Å²) >= 11 is 6.63. The molecule has 6 nitrogen and oxygen atoms in total. The number of rotatable bonds is 3. The molecule has 1 aliphatic rings. The van der Waals surface area contributed by atoms with Crippen LogP contribution >= 0.6 is 24.0 Å². The van der Waals surface area contributed by atoms with Crippen LogP contribution in [0.2, 0.25) is 0 Å². The van der Waals surface area contributed by atoms with E-state index in [9.17, 15) is 15.3 Å². The fourth-order valence-electron chi connectivity index (χ4n) is 2.19. The highest BCUT2D eigenvalue weighted by Crippen LogP contribution is 2.48. The molecule has 1 atom stereocenters. The number of hydrogen-bond donors (Lipinski definition) is 0. The van der Waals surface area contributed by atoms with Crippen LogP contribution in [0.15, 0.2) is 24.3 Å². The summed E-state index contributed by atoms with van der Waals surface area (Å²) < 4.78 is 1.49. The van der Waals surface area contributed by atoms with Gasteiger partial charge in [-0.1, -0.05) is 18.3 Å². The van der Waals surface area contributed by atoms with E-state index in [1.165, 1.54) is 30.1 Å². The van der Waals surface area contributed by atoms with Gasteiger partial charge >= 0.3 is 0 Å². The lowest BCUT2D eigenvalue weighted by molar-refractivity contribution is -0.522. The molecule has 0 N–H and O–H groups in total. The van der Waals surface area contributed by atoms with E-state index in [2.05, 4.69) is 0 Å². The first-order valence-electron chi connectivity index (χ1n) is 6.62. The van der Waals surface area contributed by atoms with Gasteiger partial charge in [-0.25, -0.2) is 0 Å². The molecule has 0 aromatic heterocycles. The number of hydrogen-bond acceptors (Lipinski definition) is 5. The molecule has 0 unspecified atom stereocenters. The van der Waals surface area contributed by atoms with Crippen molar-refractivity contribution in [2.24, 2.45) is 0 Å². The first-order valence-corrected chi connectivity index (χ1v) is 7.84. The molecule has 0 radical (unpaired) electrons. The van der Waals surface area contributed by atoms with Crippen LogP contribution in [-0.4, -0.2) is 42.6 Å². The Balaban J connectivity index is 2.43. The maximum atomic E-state index is 12.7. The zero-order valence-corrected chi connectivity index (χ0v) is 14.4. The van der Waals surface area contributed by atoms with Crippen LogP contribution in [0.4, 0.5) is 5.69 Å². The first kappa shape index (κ1) is 16.7. The van der Waals surface area contributed by atoms with Crippen molar-refractivity contribution >= 4 is 40.2 Å². The van der Waals surface area contributed by atoms with Crippen molar-refractivity contribution in [1.29, 1.82) is 0 Å². The fourth-order valence-corrected chi connectivity index (χ4v) is 4.14. The number of non-ortho nitro benzene ring substituents is 1. The quantitative estimate of drug-likeness (QED) is 0.210. The van der Waals surface area contributed by atoms with E-state index in [-0.39, 0.29) is 5.69 Å². The standard InChI is InChI=1S/C14H17N3O3S2/c1-13(2)14(3,22-12(21)15(13)4)16(18)9-10-6-5-7-11(8-10)17(19)20/h5-9H,1-4H3/b16-9-/t14-/m0/s1. The molecule has 2 rings (SSSR count). The van der Waals surface area contributed by atoms with Gasteiger partial charge in [0.05, 0.1) is 4.92 Å². The second kappa shape index (κ2) is 5.51. The predicted octanol–water partition coefficient (Wildman–Crippen LogP) is 2.98. The average Bonchev–Trinajstić information content (AvgIpc) is 2.60. The molecule has 1 aliphatic heterocycles. The normalized spacial score (nSPS) is 24.6. The molecule has 0 saturated carbocycles. The summed E-state index contributed by atoms with van der Waals surface area (Å²) in [6.07, 6.45) is 1.38. The third kappa shape index (κ3) is 2.56. The van der Waals surface area contributed by atoms with Crippen molar-refractivity contribution in [2.75, 3.05) is 7.05 Å². The zero-order chi connectivity index (χ0) is 16.7. The van der Waals surface area contributed by atoms with E-state index in [1.54, 1.807) is 12.1 Å². The molecule has 0 aliphatic carbocycles. The zero-order valence-electron chi connectivity index (χ0n) is 12.8. The average molecular weight is 339 g/mol. The van der Waals surface area contributed by atoms with Crippen molar-refractivity contribution in [2.45, 2.75) is 31.2 Å². The Morgan fingerprint density at radius 1 is 1.32 bits per heavy atom. The molecule has 118 valence electrons. The van der Waals surface area contributed by atoms with Crippen LogP contribution in [0.3, 0.4) is 0 Å². The van der Waals surface area contributed by atoms with Gasteiger partial charge in [-0.3, -0.25) is 10.1 Å². The number of thiocarbonyl (C=S) groups is 1. The highest BCUT2D eigenvalue weighted by molar-refractivity contribution is 8.24. The lowest BCUT2D eigenvalue weighted by atomic mass is 9.94. The lowest BCUT2D eigenvalue weighted by Gasteiger charge is -2.37. The third-order valence-electron chi connectivity index (χ3n) is 4.30. The van der Waals surface area contributed by atoms with Crippen LogP contribution in [-0.2, 0) is 0 Å². The van der Waals surface area contributed by atoms with Crippen molar-refractivity contribution in [3.05, 3.63) is 45.2 Å². The number of benzene rings is 1. The Morgan fingerprint density at radius 2 is 1.95 bits per heavy atom. The lowest BCUT2D eigenvalue weighted by Crippen LogP contribution is -2.55. The summed E-state index contributed by atoms with van der Waals surface area (Å²) in [5, 5.41) is 23.5. The molecule has 8 heteroatoms. The van der Waals surface area contributed by atoms with E-state index in [4.69, 9.17) is 12.2 Å². The maximum absolute atomic E-state index is 12.7. The van der Waals surface area contributed by atoms with E-state index in [0.29, 0.717) is 9.88 Å². The molecule has 1 aromatic rings. The Bertz CT molecular complexity index is 675. The molecular weight excluding hydrogens is 322 g/mol. The maximum Gasteiger partial charge on any atom is 0.270 e. The van der Waals surface area contributed by atoms with Gasteiger partial charge in [-0.05, 0) is 31.7 Å². The summed E-state index contributed by atoms with van der Waals surface area (Å²) in [6.45, 7) is 5.73. The van der Waals surface area contributed by atoms with Gasteiger partial charge in [-0.15, -0.1) is 0 Å². The Morgan fingerprint density at radius 3 is 2.45 bits per heavy atom. The Kier molecular flexibility index (Phi) is 4.18. The van der Waals surface area contributed by atoms with Crippen molar-refractivity contribution < 1.29 is 9.66 Å². The van der Waals surface area contributed by atoms with Gasteiger partial charge in [0.15, 0.2) is 6.21 Å². The van der Waals surface area contributed by atoms with Gasteiger partial charge in [0.1, 0.15) is 9.86 Å². The summed E-state index contributed by atoms with van der Waals surface area (Å²) in [6, 6.07) is 5.99. The van der Waals surface area contributed by atoms with E-state index in [1.807, 2.05) is 32.7 Å². The monoisotopic (exact) mass is 339 g/mol. The number of likely N-dealkylation sites (N-methyl/N-ethyl adjacent to an activating group) is 1. The minimum atomic E-state index is -0.816. The largest absolute Gasteiger partial charge is 0.623 e. The Hall–Kier alpha value is -1.67. The van der Waals surface area contributed by atoms with Crippen molar-refractivity contribution in [3.63, 3.8) is 0 Å². The molecule has 1 saturated heterocycles. The highest BCUT2D eigenvalue weighted by Gasteiger charge is 2.59. The van der Waals surface area contributed by atoms with Gasteiger partial charge in [0.25, 0.3) is 5.69 Å². The van der Waals surface area contributed by atoms with Crippen LogP contribution in [0, 0.1) is 15.3 Å². The second-order valence-electron chi connectivity index (χ2n) is 5.78. The van der Waals surface area contributed by atoms with E-state index in [0.717, 1.165) is 4.74 Å². The minimum absolute atomic E-state index is 0.0433. The molecule has 1 aromatic carbocycles. The second-order valence-corrected chi connectivity index (χ2v) is 7.81. The number of thioether (sulfide) groups is 1. The van der Waals surface area contributed by atoms with Gasteiger partial charge in [0.2, 0.25) is 4.87 Å². The summed E-state index contributed by atoms with van der Waals surface area (Å²) in [4.78, 5) is 11.4. The topological polar surface area (TPSA) is 72.5 Å². The summed E-state index contributed by atoms with van der Waals surface area (Å²) in [5.41, 5.74) is -0.0335. The summed E-state index contributed by atoms with van der Waals surface area (Å²) in [7, 11) is 1.86. The Labute approximate surface area is 138 Å². The summed E-state index contributed by atoms with van der Waals surface area (Å²) in [5.74, 6) is 0. The molecule has 0 bridgehead atoms. The number of nitrogens with zero attached hydrogens (tertiary/aromatic N) is 3. The molecule has 22 heavy (non-hydrogen) atoms. The van der Waals surface area contributed by atoms with Crippen molar-refractivity contribution in [3.8, 4) is 0 Å². The highest BCUT2D eigenvalue weighted by atomic mass is 32.2. The van der Waals surface area contributed by atoms with Crippen molar-refractivity contribution in [1.82, 2.24) is 4.90 Å². The number of nitro benzene ring substituents is 1. The molecular formula is C14H17N3O3S2. The van der Waals surface area contributed by atoms with Crippen LogP contribution in [0.25, 0.3) is 0 Å². The molecule has 1 heterocycles. The van der Waals surface area contributed by atoms with Gasteiger partial charge < -0.3 is 10.1 Å². The smallest absolute Gasteiger partial charge is 0.270 e. The fraction of sp³-hybridized carbons (Fsp3) is 0.429. The van der Waals surface area contributed by atoms with Crippen LogP contribution < -0.4 is 0 Å². The minimum Gasteiger partial charge on any atom is -0.623 e. The number of hydroxylamine groups is 1. The third-order valence-corrected chi connectivity index (χ3v) is 6.35. The molecule has 0 amide bonds. The molecule has 0 spiro atoms. The van der Waals surface area contributed by atoms with E-state index < -0.39 is 15.3 Å². The molecule has 1 fully saturated rings. The number of nitro groups is 1. The van der Waals surface area contributed by atoms with E-state index >= 15 is 0 Å². The SMILES string of the molecule is CN1C(=S)S[C@](C)(/[N+]([O-])=C/c2cccc([N+](=O)[O-])c2)C1(C)C.